The Labute approximate surface area is 332 Å². The number of unbranched alkanes of at least 4 members (excludes halogenated alkanes) is 3. The first kappa shape index (κ1) is 49.4. The molecule has 0 aromatic carbocycles. The largest absolute Gasteiger partial charge is 0.463 e. The number of thioether (sulfide) groups is 2. The minimum Gasteiger partial charge on any atom is -0.463 e. The molecule has 1 fully saturated rings. The Morgan fingerprint density at radius 1 is 0.815 bits per heavy atom. The molecule has 1 unspecified atom stereocenters. The molecule has 18 heteroatoms. The summed E-state index contributed by atoms with van der Waals surface area (Å²) in [4.78, 5) is 74.9. The van der Waals surface area contributed by atoms with Crippen LogP contribution in [0, 0.1) is 6.57 Å². The van der Waals surface area contributed by atoms with Crippen molar-refractivity contribution in [3.8, 4) is 0 Å². The van der Waals surface area contributed by atoms with Crippen LogP contribution in [0.5, 0.6) is 0 Å². The van der Waals surface area contributed by atoms with Crippen molar-refractivity contribution in [3.05, 3.63) is 11.4 Å². The molecule has 1 N–H and O–H groups in total. The summed E-state index contributed by atoms with van der Waals surface area (Å²) in [5, 5.41) is 2.66. The molecule has 0 saturated carbocycles. The number of amides is 1. The zero-order chi connectivity index (χ0) is 40.5. The molecular weight excluding hydrogens is 765 g/mol. The number of nitrogens with zero attached hydrogens (tertiary/aromatic N) is 1. The summed E-state index contributed by atoms with van der Waals surface area (Å²) in [6, 6.07) is -1.03. The normalized spacial score (nSPS) is 20.5. The standard InChI is InChI=1S/C36H56N2O13S3/c1-8-53-35(52)54-36(6,37-7)17-16-28(43)15-13-18-45-20-21-46-22-29(44)14-11-9-10-12-19-47-34-31(38-24(2)39)33(50-27(5)42)32(49-26(4)41)30(51-34)23-48-25(3)40/h30-34H,8-23H2,1-6H3,(H,38,39)/t30-,31-,32+,33-,34-,36?/m1/s1. The van der Waals surface area contributed by atoms with Gasteiger partial charge in [-0.25, -0.2) is 6.57 Å². The number of hydrogen-bond acceptors (Lipinski definition) is 16. The molecule has 0 aromatic heterocycles. The van der Waals surface area contributed by atoms with Gasteiger partial charge in [-0.1, -0.05) is 32.0 Å². The maximum atomic E-state index is 12.3. The van der Waals surface area contributed by atoms with Crippen molar-refractivity contribution in [1.29, 1.82) is 0 Å². The minimum absolute atomic E-state index is 0.0150. The highest BCUT2D eigenvalue weighted by atomic mass is 32.2. The zero-order valence-electron chi connectivity index (χ0n) is 32.2. The van der Waals surface area contributed by atoms with Crippen LogP contribution in [0.25, 0.3) is 4.85 Å². The third-order valence-corrected chi connectivity index (χ3v) is 10.4. The fourth-order valence-corrected chi connectivity index (χ4v) is 8.08. The average Bonchev–Trinajstić information content (AvgIpc) is 3.09. The fourth-order valence-electron chi connectivity index (χ4n) is 5.21. The highest BCUT2D eigenvalue weighted by Crippen LogP contribution is 2.36. The molecular formula is C36H56N2O13S3. The lowest BCUT2D eigenvalue weighted by atomic mass is 9.96. The number of ether oxygens (including phenoxy) is 7. The molecule has 1 amide bonds. The Balaban J connectivity index is 2.34. The predicted octanol–water partition coefficient (Wildman–Crippen LogP) is 4.75. The van der Waals surface area contributed by atoms with E-state index >= 15 is 0 Å². The maximum absolute atomic E-state index is 12.3. The summed E-state index contributed by atoms with van der Waals surface area (Å²) in [5.74, 6) is -1.53. The van der Waals surface area contributed by atoms with E-state index in [0.717, 1.165) is 22.1 Å². The molecule has 0 bridgehead atoms. The number of esters is 3. The lowest BCUT2D eigenvalue weighted by Crippen LogP contribution is -2.66. The SMILES string of the molecule is [C-]#[N+]C(C)(CCC(=O)CCCOCCOCC(=O)CCCCCCO[C@@H]1O[C@H](COC(C)=O)[C@H](OC(C)=O)[C@H](OC(C)=O)[C@H]1NC(C)=O)SC(=S)SCC. The lowest BCUT2D eigenvalue weighted by Gasteiger charge is -2.44. The fraction of sp³-hybridized carbons (Fsp3) is 0.778. The van der Waals surface area contributed by atoms with Crippen LogP contribution in [0.1, 0.15) is 99.3 Å². The third kappa shape index (κ3) is 22.0. The molecule has 1 saturated heterocycles. The number of carbonyl (C=O) groups is 6. The molecule has 6 atom stereocenters. The van der Waals surface area contributed by atoms with Crippen molar-refractivity contribution in [2.24, 2.45) is 0 Å². The Hall–Kier alpha value is -2.66. The number of Topliss-reactive ketones (excluding diaryl/α,β-unsaturated/α-hetero) is 2. The van der Waals surface area contributed by atoms with E-state index in [2.05, 4.69) is 10.2 Å². The topological polar surface area (TPSA) is 183 Å². The van der Waals surface area contributed by atoms with Gasteiger partial charge in [0.05, 0.1) is 13.2 Å². The van der Waals surface area contributed by atoms with Gasteiger partial charge in [-0.05, 0) is 36.8 Å². The smallest absolute Gasteiger partial charge is 0.303 e. The van der Waals surface area contributed by atoms with Gasteiger partial charge >= 0.3 is 17.9 Å². The number of rotatable bonds is 27. The monoisotopic (exact) mass is 820 g/mol. The van der Waals surface area contributed by atoms with E-state index in [1.54, 1.807) is 0 Å². The minimum atomic E-state index is -1.19. The van der Waals surface area contributed by atoms with Crippen molar-refractivity contribution in [3.63, 3.8) is 0 Å². The second-order valence-electron chi connectivity index (χ2n) is 12.7. The van der Waals surface area contributed by atoms with E-state index in [1.165, 1.54) is 51.2 Å². The molecule has 0 radical (unpaired) electrons. The predicted molar refractivity (Wildman–Crippen MR) is 206 cm³/mol. The first-order valence-corrected chi connectivity index (χ1v) is 20.3. The number of hydrogen-bond donors (Lipinski definition) is 1. The zero-order valence-corrected chi connectivity index (χ0v) is 34.6. The van der Waals surface area contributed by atoms with E-state index in [-0.39, 0.29) is 38.0 Å². The molecule has 0 aromatic rings. The van der Waals surface area contributed by atoms with E-state index in [4.69, 9.17) is 51.9 Å². The van der Waals surface area contributed by atoms with E-state index in [1.807, 2.05) is 13.8 Å². The number of ketones is 2. The Morgan fingerprint density at radius 3 is 2.09 bits per heavy atom. The van der Waals surface area contributed by atoms with Crippen molar-refractivity contribution in [2.45, 2.75) is 135 Å². The van der Waals surface area contributed by atoms with Gasteiger partial charge in [0.1, 0.15) is 34.7 Å². The Morgan fingerprint density at radius 2 is 1.46 bits per heavy atom. The third-order valence-electron chi connectivity index (χ3n) is 7.75. The highest BCUT2D eigenvalue weighted by molar-refractivity contribution is 8.47. The number of carbonyl (C=O) groups excluding carboxylic acids is 6. The van der Waals surface area contributed by atoms with Gasteiger partial charge in [-0.2, -0.15) is 0 Å². The quantitative estimate of drug-likeness (QED) is 0.0394. The maximum Gasteiger partial charge on any atom is 0.303 e. The molecule has 1 rings (SSSR count). The molecule has 0 spiro atoms. The van der Waals surface area contributed by atoms with E-state index in [9.17, 15) is 28.8 Å². The highest BCUT2D eigenvalue weighted by Gasteiger charge is 2.51. The summed E-state index contributed by atoms with van der Waals surface area (Å²) in [6.07, 6.45) is 0.247. The molecule has 306 valence electrons. The lowest BCUT2D eigenvalue weighted by molar-refractivity contribution is -0.277. The second-order valence-corrected chi connectivity index (χ2v) is 16.6. The van der Waals surface area contributed by atoms with Gasteiger partial charge < -0.3 is 38.5 Å². The van der Waals surface area contributed by atoms with Crippen LogP contribution >= 0.6 is 35.7 Å². The van der Waals surface area contributed by atoms with Crippen LogP contribution in [0.15, 0.2) is 0 Å². The molecule has 54 heavy (non-hydrogen) atoms. The number of nitrogens with one attached hydrogen (secondary N) is 1. The van der Waals surface area contributed by atoms with Crippen molar-refractivity contribution in [1.82, 2.24) is 5.32 Å². The van der Waals surface area contributed by atoms with Crippen LogP contribution in [0.2, 0.25) is 0 Å². The Bertz CT molecular complexity index is 1280. The van der Waals surface area contributed by atoms with Crippen LogP contribution in [-0.4, -0.2) is 120 Å². The van der Waals surface area contributed by atoms with Gasteiger partial charge in [0.15, 0.2) is 24.3 Å². The summed E-state index contributed by atoms with van der Waals surface area (Å²) < 4.78 is 39.5. The van der Waals surface area contributed by atoms with Crippen LogP contribution in [0.4, 0.5) is 0 Å². The van der Waals surface area contributed by atoms with Crippen molar-refractivity contribution in [2.75, 3.05) is 45.4 Å². The van der Waals surface area contributed by atoms with Crippen LogP contribution < -0.4 is 5.32 Å². The van der Waals surface area contributed by atoms with Gasteiger partial charge in [-0.3, -0.25) is 33.6 Å². The summed E-state index contributed by atoms with van der Waals surface area (Å²) >= 11 is 8.18. The number of thiocarbonyl (C=S) groups is 1. The molecule has 1 aliphatic heterocycles. The van der Waals surface area contributed by atoms with Crippen molar-refractivity contribution < 1.29 is 61.9 Å². The van der Waals surface area contributed by atoms with Crippen LogP contribution in [-0.2, 0) is 61.9 Å². The van der Waals surface area contributed by atoms with Crippen molar-refractivity contribution >= 4 is 74.7 Å². The Kier molecular flexibility index (Phi) is 25.5. The first-order valence-electron chi connectivity index (χ1n) is 18.1. The second kappa shape index (κ2) is 27.8. The van der Waals surface area contributed by atoms with Gasteiger partial charge in [0, 0.05) is 73.5 Å². The summed E-state index contributed by atoms with van der Waals surface area (Å²) in [5.41, 5.74) is 0. The van der Waals surface area contributed by atoms with Gasteiger partial charge in [0.25, 0.3) is 4.87 Å². The first-order chi connectivity index (χ1) is 25.6. The van der Waals surface area contributed by atoms with E-state index in [0.29, 0.717) is 58.2 Å². The van der Waals surface area contributed by atoms with Gasteiger partial charge in [0.2, 0.25) is 5.91 Å². The average molecular weight is 821 g/mol. The summed E-state index contributed by atoms with van der Waals surface area (Å²) in [6.45, 7) is 17.0. The van der Waals surface area contributed by atoms with Gasteiger partial charge in [-0.15, -0.1) is 11.8 Å². The van der Waals surface area contributed by atoms with Crippen LogP contribution in [0.3, 0.4) is 0 Å². The van der Waals surface area contributed by atoms with E-state index < -0.39 is 59.3 Å². The molecule has 1 heterocycles. The summed E-state index contributed by atoms with van der Waals surface area (Å²) in [7, 11) is 0. The molecule has 15 nitrogen and oxygen atoms in total. The molecule has 1 aliphatic rings. The molecule has 0 aliphatic carbocycles.